The van der Waals surface area contributed by atoms with E-state index in [1.54, 1.807) is 12.3 Å². The Labute approximate surface area is 196 Å². The van der Waals surface area contributed by atoms with Crippen LogP contribution in [0.25, 0.3) is 28.3 Å². The lowest BCUT2D eigenvalue weighted by atomic mass is 10.1. The van der Waals surface area contributed by atoms with Gasteiger partial charge in [-0.2, -0.15) is 13.2 Å². The monoisotopic (exact) mass is 463 g/mol. The third-order valence-electron chi connectivity index (χ3n) is 5.92. The summed E-state index contributed by atoms with van der Waals surface area (Å²) in [5.74, 6) is 0.683. The Morgan fingerprint density at radius 3 is 2.32 bits per heavy atom. The van der Waals surface area contributed by atoms with Crippen LogP contribution in [0, 0.1) is 0 Å². The molecular formula is C27H24F3N3O. The predicted octanol–water partition coefficient (Wildman–Crippen LogP) is 6.06. The summed E-state index contributed by atoms with van der Waals surface area (Å²) in [6, 6.07) is 23.2. The highest BCUT2D eigenvalue weighted by molar-refractivity contribution is 5.68. The molecule has 0 bridgehead atoms. The Bertz CT molecular complexity index is 1260. The molecule has 1 saturated heterocycles. The molecule has 1 aliphatic rings. The van der Waals surface area contributed by atoms with Gasteiger partial charge in [0.1, 0.15) is 5.82 Å². The topological polar surface area (TPSA) is 30.3 Å². The van der Waals surface area contributed by atoms with Crippen molar-refractivity contribution < 1.29 is 17.9 Å². The van der Waals surface area contributed by atoms with Crippen LogP contribution in [0.3, 0.4) is 0 Å². The molecule has 0 atom stereocenters. The summed E-state index contributed by atoms with van der Waals surface area (Å²) >= 11 is 0. The molecule has 1 aromatic heterocycles. The fraction of sp³-hybridized carbons (Fsp3) is 0.222. The van der Waals surface area contributed by atoms with E-state index >= 15 is 0 Å². The minimum atomic E-state index is -4.41. The third kappa shape index (κ3) is 4.90. The number of nitrogens with zero attached hydrogens (tertiary/aromatic N) is 3. The van der Waals surface area contributed by atoms with Crippen molar-refractivity contribution in [3.8, 4) is 28.3 Å². The van der Waals surface area contributed by atoms with Crippen LogP contribution < -0.4 is 0 Å². The Morgan fingerprint density at radius 2 is 1.56 bits per heavy atom. The molecule has 34 heavy (non-hydrogen) atoms. The van der Waals surface area contributed by atoms with Crippen LogP contribution in [0.5, 0.6) is 0 Å². The first-order valence-electron chi connectivity index (χ1n) is 11.2. The van der Waals surface area contributed by atoms with Crippen LogP contribution >= 0.6 is 0 Å². The number of hydrogen-bond acceptors (Lipinski definition) is 3. The van der Waals surface area contributed by atoms with Gasteiger partial charge in [-0.3, -0.25) is 9.47 Å². The number of hydrogen-bond donors (Lipinski definition) is 0. The zero-order valence-electron chi connectivity index (χ0n) is 18.5. The van der Waals surface area contributed by atoms with Crippen molar-refractivity contribution in [1.82, 2.24) is 14.5 Å². The molecule has 0 saturated carbocycles. The van der Waals surface area contributed by atoms with E-state index in [9.17, 15) is 13.2 Å². The first kappa shape index (κ1) is 22.4. The number of rotatable bonds is 5. The molecule has 0 radical (unpaired) electrons. The van der Waals surface area contributed by atoms with Gasteiger partial charge in [0, 0.05) is 42.6 Å². The summed E-state index contributed by atoms with van der Waals surface area (Å²) in [7, 11) is 0. The van der Waals surface area contributed by atoms with Gasteiger partial charge >= 0.3 is 6.18 Å². The lowest BCUT2D eigenvalue weighted by Crippen LogP contribution is -2.35. The molecule has 4 nitrogen and oxygen atoms in total. The van der Waals surface area contributed by atoms with Gasteiger partial charge in [-0.25, -0.2) is 4.98 Å². The molecule has 3 aromatic carbocycles. The van der Waals surface area contributed by atoms with E-state index in [4.69, 9.17) is 9.72 Å². The number of alkyl halides is 3. The van der Waals surface area contributed by atoms with E-state index in [0.717, 1.165) is 61.8 Å². The minimum absolute atomic E-state index is 0.426. The predicted molar refractivity (Wildman–Crippen MR) is 126 cm³/mol. The zero-order valence-corrected chi connectivity index (χ0v) is 18.5. The highest BCUT2D eigenvalue weighted by Gasteiger charge is 2.30. The Hall–Kier alpha value is -3.42. The van der Waals surface area contributed by atoms with Gasteiger partial charge in [-0.05, 0) is 35.9 Å². The molecule has 7 heteroatoms. The van der Waals surface area contributed by atoms with Gasteiger partial charge in [0.25, 0.3) is 0 Å². The van der Waals surface area contributed by atoms with E-state index in [-0.39, 0.29) is 0 Å². The zero-order chi connectivity index (χ0) is 23.5. The molecule has 2 heterocycles. The minimum Gasteiger partial charge on any atom is -0.379 e. The molecule has 5 rings (SSSR count). The molecule has 1 aliphatic heterocycles. The average molecular weight is 464 g/mol. The van der Waals surface area contributed by atoms with Gasteiger partial charge in [0.2, 0.25) is 0 Å². The Balaban J connectivity index is 1.56. The van der Waals surface area contributed by atoms with Gasteiger partial charge in [0.05, 0.1) is 24.5 Å². The second kappa shape index (κ2) is 9.44. The highest BCUT2D eigenvalue weighted by Crippen LogP contribution is 2.33. The molecule has 0 amide bonds. The van der Waals surface area contributed by atoms with Crippen LogP contribution in [0.15, 0.2) is 85.1 Å². The number of para-hydroxylation sites is 1. The molecule has 0 spiro atoms. The fourth-order valence-electron chi connectivity index (χ4n) is 4.19. The first-order valence-corrected chi connectivity index (χ1v) is 11.2. The van der Waals surface area contributed by atoms with Crippen molar-refractivity contribution in [1.29, 1.82) is 0 Å². The van der Waals surface area contributed by atoms with Crippen LogP contribution in [0.4, 0.5) is 13.2 Å². The Morgan fingerprint density at radius 1 is 0.824 bits per heavy atom. The van der Waals surface area contributed by atoms with Crippen LogP contribution in [0.2, 0.25) is 0 Å². The van der Waals surface area contributed by atoms with Gasteiger partial charge in [-0.15, -0.1) is 0 Å². The largest absolute Gasteiger partial charge is 0.416 e. The van der Waals surface area contributed by atoms with Gasteiger partial charge in [0.15, 0.2) is 0 Å². The summed E-state index contributed by atoms with van der Waals surface area (Å²) in [5.41, 5.74) is 3.18. The Kier molecular flexibility index (Phi) is 6.22. The molecular weight excluding hydrogens is 439 g/mol. The van der Waals surface area contributed by atoms with Crippen LogP contribution in [-0.2, 0) is 17.5 Å². The molecule has 0 N–H and O–H groups in total. The van der Waals surface area contributed by atoms with E-state index < -0.39 is 11.7 Å². The molecule has 174 valence electrons. The summed E-state index contributed by atoms with van der Waals surface area (Å²) in [6.45, 7) is 4.06. The number of halogens is 3. The number of benzene rings is 3. The highest BCUT2D eigenvalue weighted by atomic mass is 19.4. The second-order valence-corrected chi connectivity index (χ2v) is 8.32. The summed E-state index contributed by atoms with van der Waals surface area (Å²) in [4.78, 5) is 7.15. The van der Waals surface area contributed by atoms with Crippen molar-refractivity contribution in [2.75, 3.05) is 26.3 Å². The molecule has 0 unspecified atom stereocenters. The summed E-state index contributed by atoms with van der Waals surface area (Å²) in [6.07, 6.45) is -2.61. The lowest BCUT2D eigenvalue weighted by molar-refractivity contribution is -0.137. The maximum Gasteiger partial charge on any atom is 0.416 e. The van der Waals surface area contributed by atoms with Gasteiger partial charge < -0.3 is 4.74 Å². The molecule has 4 aromatic rings. The summed E-state index contributed by atoms with van der Waals surface area (Å²) in [5, 5.41) is 0. The van der Waals surface area contributed by atoms with Crippen molar-refractivity contribution in [3.05, 3.63) is 96.2 Å². The molecule has 0 aliphatic carbocycles. The van der Waals surface area contributed by atoms with E-state index in [2.05, 4.69) is 17.0 Å². The number of ether oxygens (including phenoxy) is 1. The van der Waals surface area contributed by atoms with E-state index in [1.165, 1.54) is 6.07 Å². The van der Waals surface area contributed by atoms with Crippen molar-refractivity contribution in [2.45, 2.75) is 12.7 Å². The number of imidazole rings is 1. The first-order chi connectivity index (χ1) is 16.5. The fourth-order valence-corrected chi connectivity index (χ4v) is 4.19. The normalized spacial score (nSPS) is 14.9. The maximum absolute atomic E-state index is 13.3. The number of morpholine rings is 1. The maximum atomic E-state index is 13.3. The lowest BCUT2D eigenvalue weighted by Gasteiger charge is -2.26. The number of aromatic nitrogens is 2. The summed E-state index contributed by atoms with van der Waals surface area (Å²) < 4.78 is 47.3. The van der Waals surface area contributed by atoms with E-state index in [1.807, 2.05) is 47.0 Å². The van der Waals surface area contributed by atoms with Crippen molar-refractivity contribution in [3.63, 3.8) is 0 Å². The SMILES string of the molecule is FC(F)(F)c1cccc(-c2cn(-c3ccccc3)c(-c3cccc(CN4CCOCC4)c3)n2)c1. The van der Waals surface area contributed by atoms with Crippen LogP contribution in [-0.4, -0.2) is 40.8 Å². The quantitative estimate of drug-likeness (QED) is 0.361. The third-order valence-corrected chi connectivity index (χ3v) is 5.92. The average Bonchev–Trinajstić information content (AvgIpc) is 3.31. The standard InChI is InChI=1S/C27H24F3N3O/c28-27(29,30)23-9-5-7-21(17-23)25-19-33(24-10-2-1-3-11-24)26(31-25)22-8-4-6-20(16-22)18-32-12-14-34-15-13-32/h1-11,16-17,19H,12-15,18H2. The van der Waals surface area contributed by atoms with Crippen molar-refractivity contribution in [2.24, 2.45) is 0 Å². The smallest absolute Gasteiger partial charge is 0.379 e. The van der Waals surface area contributed by atoms with Crippen LogP contribution in [0.1, 0.15) is 11.1 Å². The van der Waals surface area contributed by atoms with E-state index in [0.29, 0.717) is 17.1 Å². The molecule has 1 fully saturated rings. The van der Waals surface area contributed by atoms with Gasteiger partial charge in [-0.1, -0.05) is 48.5 Å². The van der Waals surface area contributed by atoms with Crippen molar-refractivity contribution >= 4 is 0 Å². The second-order valence-electron chi connectivity index (χ2n) is 8.32.